The standard InChI is InChI=1S/C15H19Cl2NO2/c1-9(18(3)14-6-7-20-10(14)2)15(19)12-5-4-11(16)8-13(12)17/h4-5,8-10,14H,6-7H2,1-3H3. The first-order valence-electron chi connectivity index (χ1n) is 6.74. The van der Waals surface area contributed by atoms with E-state index in [2.05, 4.69) is 4.90 Å². The summed E-state index contributed by atoms with van der Waals surface area (Å²) in [6.45, 7) is 4.69. The van der Waals surface area contributed by atoms with Crippen molar-refractivity contribution in [3.05, 3.63) is 33.8 Å². The van der Waals surface area contributed by atoms with Crippen molar-refractivity contribution < 1.29 is 9.53 Å². The minimum Gasteiger partial charge on any atom is -0.377 e. The van der Waals surface area contributed by atoms with Gasteiger partial charge in [-0.2, -0.15) is 0 Å². The van der Waals surface area contributed by atoms with Crippen LogP contribution < -0.4 is 0 Å². The number of rotatable bonds is 4. The molecule has 110 valence electrons. The maximum absolute atomic E-state index is 12.6. The van der Waals surface area contributed by atoms with E-state index in [0.29, 0.717) is 15.6 Å². The summed E-state index contributed by atoms with van der Waals surface area (Å²) in [4.78, 5) is 14.6. The summed E-state index contributed by atoms with van der Waals surface area (Å²) in [5, 5.41) is 0.934. The van der Waals surface area contributed by atoms with Crippen molar-refractivity contribution in [2.45, 2.75) is 38.5 Å². The molecule has 1 saturated heterocycles. The van der Waals surface area contributed by atoms with Crippen LogP contribution in [0.25, 0.3) is 0 Å². The van der Waals surface area contributed by atoms with Gasteiger partial charge in [-0.25, -0.2) is 0 Å². The van der Waals surface area contributed by atoms with Gasteiger partial charge in [0, 0.05) is 23.2 Å². The average molecular weight is 316 g/mol. The number of hydrogen-bond donors (Lipinski definition) is 0. The van der Waals surface area contributed by atoms with Crippen LogP contribution in [-0.4, -0.2) is 42.5 Å². The van der Waals surface area contributed by atoms with Gasteiger partial charge >= 0.3 is 0 Å². The molecule has 5 heteroatoms. The van der Waals surface area contributed by atoms with Crippen molar-refractivity contribution in [1.29, 1.82) is 0 Å². The maximum atomic E-state index is 12.6. The van der Waals surface area contributed by atoms with Crippen molar-refractivity contribution >= 4 is 29.0 Å². The van der Waals surface area contributed by atoms with E-state index in [1.54, 1.807) is 18.2 Å². The molecule has 3 nitrogen and oxygen atoms in total. The van der Waals surface area contributed by atoms with Crippen molar-refractivity contribution in [1.82, 2.24) is 4.90 Å². The highest BCUT2D eigenvalue weighted by molar-refractivity contribution is 6.37. The van der Waals surface area contributed by atoms with E-state index in [-0.39, 0.29) is 24.0 Å². The van der Waals surface area contributed by atoms with Crippen LogP contribution in [0, 0.1) is 0 Å². The summed E-state index contributed by atoms with van der Waals surface area (Å²) in [6.07, 6.45) is 1.10. The Hall–Kier alpha value is -0.610. The molecule has 20 heavy (non-hydrogen) atoms. The second-order valence-corrected chi connectivity index (χ2v) is 6.11. The first-order valence-corrected chi connectivity index (χ1v) is 7.50. The quantitative estimate of drug-likeness (QED) is 0.794. The topological polar surface area (TPSA) is 29.5 Å². The van der Waals surface area contributed by atoms with Crippen LogP contribution in [0.3, 0.4) is 0 Å². The molecule has 0 radical (unpaired) electrons. The zero-order valence-corrected chi connectivity index (χ0v) is 13.4. The number of nitrogens with zero attached hydrogens (tertiary/aromatic N) is 1. The molecule has 1 aromatic rings. The number of likely N-dealkylation sites (N-methyl/N-ethyl adjacent to an activating group) is 1. The minimum atomic E-state index is -0.247. The van der Waals surface area contributed by atoms with Gasteiger partial charge in [-0.1, -0.05) is 23.2 Å². The van der Waals surface area contributed by atoms with E-state index in [1.807, 2.05) is 20.9 Å². The number of halogens is 2. The summed E-state index contributed by atoms with van der Waals surface area (Å²) in [7, 11) is 1.96. The lowest BCUT2D eigenvalue weighted by Gasteiger charge is -2.31. The summed E-state index contributed by atoms with van der Waals surface area (Å²) >= 11 is 12.0. The van der Waals surface area contributed by atoms with E-state index in [4.69, 9.17) is 27.9 Å². The van der Waals surface area contributed by atoms with Crippen molar-refractivity contribution in [2.75, 3.05) is 13.7 Å². The number of Topliss-reactive ketones (excluding diaryl/α,β-unsaturated/α-hetero) is 1. The monoisotopic (exact) mass is 315 g/mol. The molecule has 0 spiro atoms. The molecule has 1 aromatic carbocycles. The Bertz CT molecular complexity index is 507. The second kappa shape index (κ2) is 6.44. The van der Waals surface area contributed by atoms with E-state index in [0.717, 1.165) is 13.0 Å². The second-order valence-electron chi connectivity index (χ2n) is 5.26. The molecule has 3 unspecified atom stereocenters. The Kier molecular flexibility index (Phi) is 5.08. The molecule has 0 amide bonds. The van der Waals surface area contributed by atoms with Crippen LogP contribution in [-0.2, 0) is 4.74 Å². The zero-order chi connectivity index (χ0) is 14.9. The Morgan fingerprint density at radius 2 is 2.15 bits per heavy atom. The van der Waals surface area contributed by atoms with E-state index < -0.39 is 0 Å². The van der Waals surface area contributed by atoms with Crippen LogP contribution in [0.2, 0.25) is 10.0 Å². The first-order chi connectivity index (χ1) is 9.41. The number of ether oxygens (including phenoxy) is 1. The fraction of sp³-hybridized carbons (Fsp3) is 0.533. The molecule has 1 fully saturated rings. The van der Waals surface area contributed by atoms with E-state index >= 15 is 0 Å². The molecule has 0 aliphatic carbocycles. The van der Waals surface area contributed by atoms with Gasteiger partial charge in [-0.05, 0) is 45.5 Å². The lowest BCUT2D eigenvalue weighted by atomic mass is 10.0. The maximum Gasteiger partial charge on any atom is 0.181 e. The summed E-state index contributed by atoms with van der Waals surface area (Å²) in [5.41, 5.74) is 0.516. The molecule has 2 rings (SSSR count). The lowest BCUT2D eigenvalue weighted by Crippen LogP contribution is -2.46. The number of carbonyl (C=O) groups excluding carboxylic acids is 1. The Morgan fingerprint density at radius 1 is 1.45 bits per heavy atom. The van der Waals surface area contributed by atoms with Crippen molar-refractivity contribution in [3.63, 3.8) is 0 Å². The SMILES string of the molecule is CC1OCCC1N(C)C(C)C(=O)c1ccc(Cl)cc1Cl. The third kappa shape index (κ3) is 3.17. The third-order valence-corrected chi connectivity index (χ3v) is 4.59. The smallest absolute Gasteiger partial charge is 0.181 e. The van der Waals surface area contributed by atoms with Gasteiger partial charge in [0.1, 0.15) is 0 Å². The number of hydrogen-bond acceptors (Lipinski definition) is 3. The van der Waals surface area contributed by atoms with Crippen molar-refractivity contribution in [3.8, 4) is 0 Å². The number of carbonyl (C=O) groups is 1. The summed E-state index contributed by atoms with van der Waals surface area (Å²) in [6, 6.07) is 4.99. The molecule has 1 aliphatic heterocycles. The molecule has 0 N–H and O–H groups in total. The largest absolute Gasteiger partial charge is 0.377 e. The predicted octanol–water partition coefficient (Wildman–Crippen LogP) is 3.67. The molecular formula is C15H19Cl2NO2. The van der Waals surface area contributed by atoms with Gasteiger partial charge < -0.3 is 4.74 Å². The number of benzene rings is 1. The first kappa shape index (κ1) is 15.8. The van der Waals surface area contributed by atoms with Crippen LogP contribution in [0.5, 0.6) is 0 Å². The third-order valence-electron chi connectivity index (χ3n) is 4.05. The molecule has 0 bridgehead atoms. The van der Waals surface area contributed by atoms with Gasteiger partial charge in [0.15, 0.2) is 5.78 Å². The Balaban J connectivity index is 2.15. The Labute approximate surface area is 129 Å². The van der Waals surface area contributed by atoms with Crippen LogP contribution in [0.4, 0.5) is 0 Å². The highest BCUT2D eigenvalue weighted by Gasteiger charge is 2.33. The molecule has 1 aliphatic rings. The molecule has 0 saturated carbocycles. The minimum absolute atomic E-state index is 0.00765. The highest BCUT2D eigenvalue weighted by Crippen LogP contribution is 2.25. The van der Waals surface area contributed by atoms with Gasteiger partial charge in [-0.15, -0.1) is 0 Å². The van der Waals surface area contributed by atoms with Gasteiger partial charge in [0.25, 0.3) is 0 Å². The van der Waals surface area contributed by atoms with E-state index in [1.165, 1.54) is 0 Å². The predicted molar refractivity (Wildman–Crippen MR) is 81.8 cm³/mol. The molecule has 3 atom stereocenters. The molecule has 0 aromatic heterocycles. The fourth-order valence-electron chi connectivity index (χ4n) is 2.64. The zero-order valence-electron chi connectivity index (χ0n) is 11.9. The van der Waals surface area contributed by atoms with E-state index in [9.17, 15) is 4.79 Å². The van der Waals surface area contributed by atoms with Gasteiger partial charge in [-0.3, -0.25) is 9.69 Å². The van der Waals surface area contributed by atoms with Crippen LogP contribution in [0.15, 0.2) is 18.2 Å². The van der Waals surface area contributed by atoms with Crippen molar-refractivity contribution in [2.24, 2.45) is 0 Å². The van der Waals surface area contributed by atoms with Crippen LogP contribution >= 0.6 is 23.2 Å². The Morgan fingerprint density at radius 3 is 2.70 bits per heavy atom. The molecular weight excluding hydrogens is 297 g/mol. The average Bonchev–Trinajstić information content (AvgIpc) is 2.82. The summed E-state index contributed by atoms with van der Waals surface area (Å²) < 4.78 is 5.57. The van der Waals surface area contributed by atoms with Crippen LogP contribution in [0.1, 0.15) is 30.6 Å². The van der Waals surface area contributed by atoms with Gasteiger partial charge in [0.05, 0.1) is 17.2 Å². The normalized spacial score (nSPS) is 24.1. The van der Waals surface area contributed by atoms with Gasteiger partial charge in [0.2, 0.25) is 0 Å². The molecule has 1 heterocycles. The fourth-order valence-corrected chi connectivity index (χ4v) is 3.14. The number of ketones is 1. The lowest BCUT2D eigenvalue weighted by molar-refractivity contribution is 0.0605. The highest BCUT2D eigenvalue weighted by atomic mass is 35.5. The summed E-state index contributed by atoms with van der Waals surface area (Å²) in [5.74, 6) is 0.00765.